The molecular weight excluding hydrogens is 458 g/mol. The van der Waals surface area contributed by atoms with Crippen LogP contribution < -0.4 is 20.4 Å². The van der Waals surface area contributed by atoms with Gasteiger partial charge in [-0.15, -0.1) is 0 Å². The van der Waals surface area contributed by atoms with Crippen LogP contribution in [0.25, 0.3) is 16.2 Å². The van der Waals surface area contributed by atoms with E-state index in [4.69, 9.17) is 21.3 Å². The molecule has 1 aromatic carbocycles. The second-order valence-electron chi connectivity index (χ2n) is 8.48. The molecule has 184 valence electrons. The third-order valence-electron chi connectivity index (χ3n) is 6.14. The average Bonchev–Trinajstić information content (AvgIpc) is 2.93. The molecule has 1 saturated heterocycles. The molecule has 0 aliphatic carbocycles. The minimum absolute atomic E-state index is 0.240. The Kier molecular flexibility index (Phi) is 6.86. The van der Waals surface area contributed by atoms with Gasteiger partial charge in [0, 0.05) is 43.0 Å². The van der Waals surface area contributed by atoms with Crippen LogP contribution in [-0.2, 0) is 17.7 Å². The van der Waals surface area contributed by atoms with Crippen molar-refractivity contribution in [3.8, 4) is 11.4 Å². The standard InChI is InChI=1S/C25H27N9O2/c1-3-28-25(35)29-18-6-4-17(5-7-18)23-30-20-16-34(22-15-27-14-21(26-2)31-22)9-8-19(20)24(32-23)33-10-12-36-13-11-33/h4-7,14-15H,3,8-13,16H2,1H3,(H2,28,29,35). The molecule has 2 N–H and O–H groups in total. The molecule has 5 rings (SSSR count). The Hall–Kier alpha value is -4.30. The summed E-state index contributed by atoms with van der Waals surface area (Å²) in [5, 5.41) is 5.54. The van der Waals surface area contributed by atoms with Crippen molar-refractivity contribution in [3.05, 3.63) is 59.3 Å². The number of amides is 2. The van der Waals surface area contributed by atoms with Gasteiger partial charge in [0.15, 0.2) is 5.82 Å². The van der Waals surface area contributed by atoms with Crippen LogP contribution in [0.1, 0.15) is 18.2 Å². The van der Waals surface area contributed by atoms with Crippen molar-refractivity contribution in [3.63, 3.8) is 0 Å². The molecule has 0 bridgehead atoms. The van der Waals surface area contributed by atoms with Gasteiger partial charge < -0.3 is 30.0 Å². The van der Waals surface area contributed by atoms with Crippen molar-refractivity contribution < 1.29 is 9.53 Å². The number of fused-ring (bicyclic) bond motifs is 1. The second-order valence-corrected chi connectivity index (χ2v) is 8.48. The Morgan fingerprint density at radius 3 is 2.64 bits per heavy atom. The molecule has 2 aliphatic heterocycles. The molecule has 2 amide bonds. The number of nitrogens with zero attached hydrogens (tertiary/aromatic N) is 7. The van der Waals surface area contributed by atoms with Gasteiger partial charge in [-0.25, -0.2) is 14.8 Å². The van der Waals surface area contributed by atoms with Gasteiger partial charge in [0.05, 0.1) is 37.8 Å². The fourth-order valence-corrected chi connectivity index (χ4v) is 4.36. The highest BCUT2D eigenvalue weighted by atomic mass is 16.5. The van der Waals surface area contributed by atoms with Crippen LogP contribution in [0.5, 0.6) is 0 Å². The minimum Gasteiger partial charge on any atom is -0.378 e. The SMILES string of the molecule is [C-]#[N+]c1cncc(N2CCc3c(nc(-c4ccc(NC(=O)NCC)cc4)nc3N3CCOCC3)C2)n1. The summed E-state index contributed by atoms with van der Waals surface area (Å²) < 4.78 is 5.57. The predicted molar refractivity (Wildman–Crippen MR) is 136 cm³/mol. The molecule has 0 atom stereocenters. The van der Waals surface area contributed by atoms with Crippen molar-refractivity contribution in [1.29, 1.82) is 0 Å². The van der Waals surface area contributed by atoms with E-state index in [9.17, 15) is 4.79 Å². The van der Waals surface area contributed by atoms with Crippen molar-refractivity contribution in [1.82, 2.24) is 25.3 Å². The highest BCUT2D eigenvalue weighted by molar-refractivity contribution is 5.89. The number of anilines is 3. The normalized spacial score (nSPS) is 15.1. The van der Waals surface area contributed by atoms with E-state index in [-0.39, 0.29) is 11.8 Å². The maximum atomic E-state index is 11.8. The van der Waals surface area contributed by atoms with E-state index in [0.717, 1.165) is 48.7 Å². The van der Waals surface area contributed by atoms with E-state index in [1.165, 1.54) is 6.20 Å². The fourth-order valence-electron chi connectivity index (χ4n) is 4.36. The molecule has 3 aromatic rings. The molecule has 0 saturated carbocycles. The van der Waals surface area contributed by atoms with E-state index >= 15 is 0 Å². The van der Waals surface area contributed by atoms with Crippen LogP contribution in [0.2, 0.25) is 0 Å². The van der Waals surface area contributed by atoms with Gasteiger partial charge in [-0.05, 0) is 37.6 Å². The van der Waals surface area contributed by atoms with E-state index in [0.29, 0.717) is 43.6 Å². The molecule has 11 nitrogen and oxygen atoms in total. The largest absolute Gasteiger partial charge is 0.378 e. The molecule has 36 heavy (non-hydrogen) atoms. The third-order valence-corrected chi connectivity index (χ3v) is 6.14. The smallest absolute Gasteiger partial charge is 0.319 e. The van der Waals surface area contributed by atoms with E-state index in [1.807, 2.05) is 31.2 Å². The summed E-state index contributed by atoms with van der Waals surface area (Å²) in [4.78, 5) is 38.2. The Labute approximate surface area is 209 Å². The first-order valence-electron chi connectivity index (χ1n) is 12.0. The Morgan fingerprint density at radius 1 is 1.08 bits per heavy atom. The van der Waals surface area contributed by atoms with Gasteiger partial charge in [0.1, 0.15) is 5.82 Å². The highest BCUT2D eigenvalue weighted by Gasteiger charge is 2.28. The quantitative estimate of drug-likeness (QED) is 0.531. The first kappa shape index (κ1) is 23.4. The number of hydrogen-bond donors (Lipinski definition) is 2. The number of carbonyl (C=O) groups excluding carboxylic acids is 1. The van der Waals surface area contributed by atoms with E-state index in [1.54, 1.807) is 6.20 Å². The summed E-state index contributed by atoms with van der Waals surface area (Å²) >= 11 is 0. The lowest BCUT2D eigenvalue weighted by atomic mass is 10.0. The molecule has 2 aliphatic rings. The molecule has 0 radical (unpaired) electrons. The number of urea groups is 1. The maximum Gasteiger partial charge on any atom is 0.319 e. The Bertz CT molecular complexity index is 1280. The van der Waals surface area contributed by atoms with Crippen LogP contribution in [0.4, 0.5) is 27.9 Å². The van der Waals surface area contributed by atoms with Crippen LogP contribution in [-0.4, -0.2) is 65.4 Å². The molecule has 2 aromatic heterocycles. The number of carbonyl (C=O) groups is 1. The summed E-state index contributed by atoms with van der Waals surface area (Å²) in [6.07, 6.45) is 3.92. The minimum atomic E-state index is -0.240. The predicted octanol–water partition coefficient (Wildman–Crippen LogP) is 3.03. The van der Waals surface area contributed by atoms with Crippen molar-refractivity contribution >= 4 is 29.2 Å². The fraction of sp³-hybridized carbons (Fsp3) is 0.360. The number of rotatable bonds is 5. The monoisotopic (exact) mass is 485 g/mol. The molecule has 4 heterocycles. The van der Waals surface area contributed by atoms with Crippen molar-refractivity contribution in [2.45, 2.75) is 19.9 Å². The van der Waals surface area contributed by atoms with Gasteiger partial charge in [-0.1, -0.05) is 11.6 Å². The van der Waals surface area contributed by atoms with Crippen LogP contribution >= 0.6 is 0 Å². The third kappa shape index (κ3) is 5.04. The van der Waals surface area contributed by atoms with E-state index < -0.39 is 0 Å². The van der Waals surface area contributed by atoms with Gasteiger partial charge in [0.2, 0.25) is 5.82 Å². The topological polar surface area (TPSA) is 113 Å². The number of morpholine rings is 1. The molecular formula is C25H27N9O2. The second kappa shape index (κ2) is 10.5. The molecule has 0 spiro atoms. The van der Waals surface area contributed by atoms with Crippen molar-refractivity contribution in [2.24, 2.45) is 0 Å². The van der Waals surface area contributed by atoms with Crippen LogP contribution in [0.15, 0.2) is 36.7 Å². The summed E-state index contributed by atoms with van der Waals surface area (Å²) in [6.45, 7) is 13.9. The van der Waals surface area contributed by atoms with Crippen molar-refractivity contribution in [2.75, 3.05) is 54.5 Å². The first-order chi connectivity index (χ1) is 17.6. The van der Waals surface area contributed by atoms with Crippen LogP contribution in [0.3, 0.4) is 0 Å². The summed E-state index contributed by atoms with van der Waals surface area (Å²) in [6, 6.07) is 7.28. The Morgan fingerprint density at radius 2 is 1.89 bits per heavy atom. The number of benzene rings is 1. The molecule has 1 fully saturated rings. The lowest BCUT2D eigenvalue weighted by molar-refractivity contribution is 0.122. The molecule has 11 heteroatoms. The lowest BCUT2D eigenvalue weighted by Crippen LogP contribution is -2.39. The first-order valence-corrected chi connectivity index (χ1v) is 12.0. The number of ether oxygens (including phenoxy) is 1. The number of hydrogen-bond acceptors (Lipinski definition) is 8. The van der Waals surface area contributed by atoms with Gasteiger partial charge >= 0.3 is 6.03 Å². The zero-order chi connectivity index (χ0) is 24.9. The average molecular weight is 486 g/mol. The summed E-state index contributed by atoms with van der Waals surface area (Å²) in [5.41, 5.74) is 3.63. The highest BCUT2D eigenvalue weighted by Crippen LogP contribution is 2.32. The summed E-state index contributed by atoms with van der Waals surface area (Å²) in [7, 11) is 0. The van der Waals surface area contributed by atoms with Gasteiger partial charge in [-0.2, -0.15) is 0 Å². The summed E-state index contributed by atoms with van der Waals surface area (Å²) in [5.74, 6) is 2.52. The zero-order valence-electron chi connectivity index (χ0n) is 20.1. The van der Waals surface area contributed by atoms with Gasteiger partial charge in [-0.3, -0.25) is 4.98 Å². The Balaban J connectivity index is 1.48. The van der Waals surface area contributed by atoms with Gasteiger partial charge in [0.25, 0.3) is 5.82 Å². The number of nitrogens with one attached hydrogen (secondary N) is 2. The number of aromatic nitrogens is 4. The lowest BCUT2D eigenvalue weighted by Gasteiger charge is -2.34. The molecule has 0 unspecified atom stereocenters. The maximum absolute atomic E-state index is 11.8. The van der Waals surface area contributed by atoms with Crippen LogP contribution in [0, 0.1) is 6.57 Å². The van der Waals surface area contributed by atoms with E-state index in [2.05, 4.69) is 35.2 Å². The zero-order valence-corrected chi connectivity index (χ0v) is 20.1.